The van der Waals surface area contributed by atoms with Crippen LogP contribution in [0.4, 0.5) is 5.82 Å². The van der Waals surface area contributed by atoms with E-state index in [9.17, 15) is 4.79 Å². The number of nitrogens with zero attached hydrogens (tertiary/aromatic N) is 2. The standard InChI is InChI=1S/C15H12ClN3O2S/c1-21-11(20)7-17-14-13-12(18-15(16)19-14)10(8-22-13)9-5-3-2-4-6-9/h2-6,8H,7H2,1H3,(H,17,18,19). The van der Waals surface area contributed by atoms with Gasteiger partial charge in [0.1, 0.15) is 12.4 Å². The summed E-state index contributed by atoms with van der Waals surface area (Å²) in [6.45, 7) is 0.0253. The van der Waals surface area contributed by atoms with Gasteiger partial charge in [-0.1, -0.05) is 30.3 Å². The highest BCUT2D eigenvalue weighted by molar-refractivity contribution is 7.18. The molecule has 0 spiro atoms. The second-order valence-corrected chi connectivity index (χ2v) is 5.68. The molecule has 0 bridgehead atoms. The average molecular weight is 334 g/mol. The third-order valence-corrected chi connectivity index (χ3v) is 4.25. The lowest BCUT2D eigenvalue weighted by Crippen LogP contribution is -2.15. The van der Waals surface area contributed by atoms with Crippen LogP contribution in [-0.2, 0) is 9.53 Å². The normalized spacial score (nSPS) is 10.6. The molecule has 0 unspecified atom stereocenters. The minimum atomic E-state index is -0.372. The zero-order chi connectivity index (χ0) is 15.5. The fraction of sp³-hybridized carbons (Fsp3) is 0.133. The van der Waals surface area contributed by atoms with Gasteiger partial charge in [0.25, 0.3) is 0 Å². The van der Waals surface area contributed by atoms with Crippen molar-refractivity contribution >= 4 is 44.9 Å². The number of hydrogen-bond donors (Lipinski definition) is 1. The van der Waals surface area contributed by atoms with Crippen LogP contribution in [-0.4, -0.2) is 29.6 Å². The zero-order valence-electron chi connectivity index (χ0n) is 11.7. The number of benzene rings is 1. The number of carbonyl (C=O) groups is 1. The molecule has 7 heteroatoms. The van der Waals surface area contributed by atoms with Crippen LogP contribution in [0.3, 0.4) is 0 Å². The Bertz CT molecular complexity index is 820. The molecule has 0 aliphatic rings. The van der Waals surface area contributed by atoms with Crippen molar-refractivity contribution in [3.8, 4) is 11.1 Å². The van der Waals surface area contributed by atoms with Crippen LogP contribution in [0.15, 0.2) is 35.7 Å². The highest BCUT2D eigenvalue weighted by Crippen LogP contribution is 2.36. The minimum Gasteiger partial charge on any atom is -0.468 e. The molecule has 2 aromatic heterocycles. The second kappa shape index (κ2) is 6.29. The Morgan fingerprint density at radius 1 is 1.32 bits per heavy atom. The molecule has 1 N–H and O–H groups in total. The number of hydrogen-bond acceptors (Lipinski definition) is 6. The maximum Gasteiger partial charge on any atom is 0.325 e. The number of nitrogens with one attached hydrogen (secondary N) is 1. The molecule has 1 aromatic carbocycles. The van der Waals surface area contributed by atoms with E-state index in [-0.39, 0.29) is 17.8 Å². The first-order valence-corrected chi connectivity index (χ1v) is 7.75. The topological polar surface area (TPSA) is 64.1 Å². The maximum atomic E-state index is 11.3. The van der Waals surface area contributed by atoms with Gasteiger partial charge in [0.05, 0.1) is 17.3 Å². The molecule has 22 heavy (non-hydrogen) atoms. The molecule has 0 amide bonds. The van der Waals surface area contributed by atoms with Crippen LogP contribution in [0.1, 0.15) is 0 Å². The summed E-state index contributed by atoms with van der Waals surface area (Å²) in [4.78, 5) is 19.8. The van der Waals surface area contributed by atoms with Crippen molar-refractivity contribution in [1.82, 2.24) is 9.97 Å². The molecular formula is C15H12ClN3O2S. The second-order valence-electron chi connectivity index (χ2n) is 4.46. The fourth-order valence-corrected chi connectivity index (χ4v) is 3.21. The van der Waals surface area contributed by atoms with Crippen molar-refractivity contribution in [2.45, 2.75) is 0 Å². The summed E-state index contributed by atoms with van der Waals surface area (Å²) in [7, 11) is 1.34. The first kappa shape index (κ1) is 14.7. The summed E-state index contributed by atoms with van der Waals surface area (Å²) in [6.07, 6.45) is 0. The first-order chi connectivity index (χ1) is 10.7. The number of fused-ring (bicyclic) bond motifs is 1. The molecule has 0 atom stereocenters. The Morgan fingerprint density at radius 3 is 2.82 bits per heavy atom. The molecule has 0 saturated heterocycles. The highest BCUT2D eigenvalue weighted by Gasteiger charge is 2.14. The lowest BCUT2D eigenvalue weighted by Gasteiger charge is -2.06. The molecule has 0 aliphatic heterocycles. The predicted molar refractivity (Wildman–Crippen MR) is 88.4 cm³/mol. The first-order valence-electron chi connectivity index (χ1n) is 6.50. The number of thiophene rings is 1. The Labute approximate surface area is 135 Å². The lowest BCUT2D eigenvalue weighted by atomic mass is 10.1. The molecule has 0 aliphatic carbocycles. The van der Waals surface area contributed by atoms with E-state index in [4.69, 9.17) is 11.6 Å². The van der Waals surface area contributed by atoms with Crippen LogP contribution in [0.2, 0.25) is 5.28 Å². The van der Waals surface area contributed by atoms with Crippen molar-refractivity contribution in [1.29, 1.82) is 0 Å². The number of ether oxygens (including phenoxy) is 1. The molecule has 0 fully saturated rings. The third-order valence-electron chi connectivity index (χ3n) is 3.10. The van der Waals surface area contributed by atoms with Crippen LogP contribution >= 0.6 is 22.9 Å². The van der Waals surface area contributed by atoms with E-state index < -0.39 is 0 Å². The lowest BCUT2D eigenvalue weighted by molar-refractivity contribution is -0.138. The molecule has 112 valence electrons. The summed E-state index contributed by atoms with van der Waals surface area (Å²) in [5.74, 6) is 0.162. The molecule has 3 rings (SSSR count). The summed E-state index contributed by atoms with van der Waals surface area (Å²) in [5, 5.41) is 5.09. The van der Waals surface area contributed by atoms with Gasteiger partial charge in [-0.3, -0.25) is 4.79 Å². The molecule has 5 nitrogen and oxygen atoms in total. The van der Waals surface area contributed by atoms with Gasteiger partial charge >= 0.3 is 5.97 Å². The van der Waals surface area contributed by atoms with Crippen LogP contribution in [0.25, 0.3) is 21.3 Å². The van der Waals surface area contributed by atoms with E-state index >= 15 is 0 Å². The number of aromatic nitrogens is 2. The largest absolute Gasteiger partial charge is 0.468 e. The summed E-state index contributed by atoms with van der Waals surface area (Å²) in [5.41, 5.74) is 2.82. The van der Waals surface area contributed by atoms with Gasteiger partial charge in [-0.05, 0) is 17.2 Å². The Balaban J connectivity index is 2.05. The highest BCUT2D eigenvalue weighted by atomic mass is 35.5. The van der Waals surface area contributed by atoms with Crippen LogP contribution in [0, 0.1) is 0 Å². The third kappa shape index (κ3) is 2.88. The minimum absolute atomic E-state index is 0.0253. The van der Waals surface area contributed by atoms with E-state index in [0.29, 0.717) is 5.82 Å². The predicted octanol–water partition coefficient (Wildman–Crippen LogP) is 3.60. The van der Waals surface area contributed by atoms with Crippen molar-refractivity contribution in [3.63, 3.8) is 0 Å². The number of esters is 1. The molecule has 0 radical (unpaired) electrons. The van der Waals surface area contributed by atoms with Crippen molar-refractivity contribution in [2.24, 2.45) is 0 Å². The average Bonchev–Trinajstić information content (AvgIpc) is 2.96. The van der Waals surface area contributed by atoms with E-state index in [0.717, 1.165) is 21.3 Å². The monoisotopic (exact) mass is 333 g/mol. The van der Waals surface area contributed by atoms with Crippen molar-refractivity contribution < 1.29 is 9.53 Å². The van der Waals surface area contributed by atoms with Crippen LogP contribution in [0.5, 0.6) is 0 Å². The molecular weight excluding hydrogens is 322 g/mol. The van der Waals surface area contributed by atoms with E-state index in [1.165, 1.54) is 18.4 Å². The Hall–Kier alpha value is -2.18. The van der Waals surface area contributed by atoms with E-state index in [1.54, 1.807) is 0 Å². The maximum absolute atomic E-state index is 11.3. The van der Waals surface area contributed by atoms with Gasteiger partial charge in [-0.2, -0.15) is 4.98 Å². The quantitative estimate of drug-likeness (QED) is 0.584. The van der Waals surface area contributed by atoms with Gasteiger partial charge in [0.15, 0.2) is 0 Å². The number of anilines is 1. The number of halogens is 1. The fourth-order valence-electron chi connectivity index (χ4n) is 2.06. The van der Waals surface area contributed by atoms with Crippen LogP contribution < -0.4 is 5.32 Å². The van der Waals surface area contributed by atoms with E-state index in [1.807, 2.05) is 35.7 Å². The van der Waals surface area contributed by atoms with Gasteiger partial charge < -0.3 is 10.1 Å². The summed E-state index contributed by atoms with van der Waals surface area (Å²) in [6, 6.07) is 9.93. The summed E-state index contributed by atoms with van der Waals surface area (Å²) < 4.78 is 5.47. The van der Waals surface area contributed by atoms with Crippen molar-refractivity contribution in [3.05, 3.63) is 41.0 Å². The zero-order valence-corrected chi connectivity index (χ0v) is 13.2. The smallest absolute Gasteiger partial charge is 0.325 e. The number of rotatable bonds is 4. The van der Waals surface area contributed by atoms with Gasteiger partial charge in [0.2, 0.25) is 5.28 Å². The Morgan fingerprint density at radius 2 is 2.09 bits per heavy atom. The SMILES string of the molecule is COC(=O)CNc1nc(Cl)nc2c(-c3ccccc3)csc12. The van der Waals surface area contributed by atoms with Gasteiger partial charge in [-0.15, -0.1) is 11.3 Å². The Kier molecular flexibility index (Phi) is 4.22. The molecule has 0 saturated carbocycles. The number of carbonyl (C=O) groups excluding carboxylic acids is 1. The summed E-state index contributed by atoms with van der Waals surface area (Å²) >= 11 is 7.52. The van der Waals surface area contributed by atoms with Gasteiger partial charge in [-0.25, -0.2) is 4.98 Å². The number of methoxy groups -OCH3 is 1. The molecule has 2 heterocycles. The molecule has 3 aromatic rings. The van der Waals surface area contributed by atoms with E-state index in [2.05, 4.69) is 20.0 Å². The van der Waals surface area contributed by atoms with Gasteiger partial charge in [0, 0.05) is 10.9 Å². The van der Waals surface area contributed by atoms with Crippen molar-refractivity contribution in [2.75, 3.05) is 19.0 Å².